The van der Waals surface area contributed by atoms with Crippen LogP contribution in [0.25, 0.3) is 0 Å². The summed E-state index contributed by atoms with van der Waals surface area (Å²) in [5.74, 6) is -0.693. The van der Waals surface area contributed by atoms with E-state index in [2.05, 4.69) is 19.6 Å². The van der Waals surface area contributed by atoms with Crippen molar-refractivity contribution in [3.05, 3.63) is 0 Å². The van der Waals surface area contributed by atoms with E-state index in [-0.39, 0.29) is 23.9 Å². The van der Waals surface area contributed by atoms with E-state index in [1.165, 1.54) is 4.90 Å². The van der Waals surface area contributed by atoms with E-state index in [9.17, 15) is 9.59 Å². The molecule has 0 unspecified atom stereocenters. The Morgan fingerprint density at radius 2 is 1.71 bits per heavy atom. The second-order valence-electron chi connectivity index (χ2n) is 7.32. The average Bonchev–Trinajstić information content (AvgIpc) is 2.67. The Morgan fingerprint density at radius 3 is 2.14 bits per heavy atom. The van der Waals surface area contributed by atoms with Gasteiger partial charge in [0.2, 0.25) is 14.2 Å². The molecule has 5 nitrogen and oxygen atoms in total. The number of carbonyl (C=O) groups excluding carboxylic acids is 2. The highest BCUT2D eigenvalue weighted by Crippen LogP contribution is 2.25. The molecule has 1 rings (SSSR count). The first-order chi connectivity index (χ1) is 9.43. The maximum absolute atomic E-state index is 12.3. The van der Waals surface area contributed by atoms with Crippen molar-refractivity contribution < 1.29 is 18.4 Å². The molecule has 0 saturated carbocycles. The lowest BCUT2D eigenvalue weighted by molar-refractivity contribution is -0.145. The predicted octanol–water partition coefficient (Wildman–Crippen LogP) is 2.42. The summed E-state index contributed by atoms with van der Waals surface area (Å²) >= 11 is 5.65. The molecule has 0 aliphatic carbocycles. The molecule has 2 atom stereocenters. The zero-order chi connectivity index (χ0) is 16.4. The number of rotatable bonds is 5. The van der Waals surface area contributed by atoms with Crippen molar-refractivity contribution in [1.82, 2.24) is 4.90 Å². The lowest BCUT2D eigenvalue weighted by Crippen LogP contribution is -2.45. The molecule has 1 fully saturated rings. The van der Waals surface area contributed by atoms with Gasteiger partial charge < -0.3 is 13.8 Å². The lowest BCUT2D eigenvalue weighted by atomic mass is 10.2. The topological polar surface area (TPSA) is 55.8 Å². The molecule has 1 amide bonds. The maximum Gasteiger partial charge on any atom is 0.315 e. The first kappa shape index (κ1) is 18.7. The number of carbonyl (C=O) groups is 2. The third kappa shape index (κ3) is 6.09. The fourth-order valence-electron chi connectivity index (χ4n) is 2.33. The van der Waals surface area contributed by atoms with Crippen LogP contribution in [0.4, 0.5) is 0 Å². The van der Waals surface area contributed by atoms with Gasteiger partial charge in [0, 0.05) is 13.0 Å². The Balaban J connectivity index is 2.83. The Bertz CT molecular complexity index is 406. The number of amides is 1. The van der Waals surface area contributed by atoms with E-state index in [1.807, 2.05) is 19.6 Å². The smallest absolute Gasteiger partial charge is 0.315 e. The predicted molar refractivity (Wildman–Crippen MR) is 88.5 cm³/mol. The fraction of sp³-hybridized carbons (Fsp3) is 0.846. The van der Waals surface area contributed by atoms with E-state index < -0.39 is 22.7 Å². The number of nitrogens with zero attached hydrogens (tertiary/aromatic N) is 1. The van der Waals surface area contributed by atoms with Crippen LogP contribution in [0.1, 0.15) is 6.42 Å². The van der Waals surface area contributed by atoms with E-state index in [0.717, 1.165) is 0 Å². The molecule has 0 radical (unpaired) electrons. The van der Waals surface area contributed by atoms with Gasteiger partial charge in [-0.3, -0.25) is 9.59 Å². The zero-order valence-corrected chi connectivity index (χ0v) is 16.5. The summed E-state index contributed by atoms with van der Waals surface area (Å²) in [6.45, 7) is 12.5. The van der Waals surface area contributed by atoms with Crippen LogP contribution >= 0.6 is 11.6 Å². The normalized spacial score (nSPS) is 23.3. The van der Waals surface area contributed by atoms with Gasteiger partial charge in [-0.05, 0) is 39.3 Å². The molecule has 0 bridgehead atoms. The summed E-state index contributed by atoms with van der Waals surface area (Å²) in [4.78, 5) is 25.8. The quantitative estimate of drug-likeness (QED) is 0.564. The van der Waals surface area contributed by atoms with E-state index in [0.29, 0.717) is 13.0 Å². The fourth-order valence-corrected chi connectivity index (χ4v) is 4.39. The van der Waals surface area contributed by atoms with Crippen LogP contribution < -0.4 is 0 Å². The molecule has 1 aliphatic heterocycles. The number of hydrogen-bond donors (Lipinski definition) is 0. The summed E-state index contributed by atoms with van der Waals surface area (Å²) in [6, 6.07) is -0.565. The van der Waals surface area contributed by atoms with Crippen molar-refractivity contribution in [3.8, 4) is 0 Å². The van der Waals surface area contributed by atoms with E-state index >= 15 is 0 Å². The summed E-state index contributed by atoms with van der Waals surface area (Å²) in [5.41, 5.74) is 0. The van der Waals surface area contributed by atoms with Crippen molar-refractivity contribution in [1.29, 1.82) is 0 Å². The largest absolute Gasteiger partial charge is 0.518 e. The minimum Gasteiger partial charge on any atom is -0.518 e. The number of hydrogen-bond acceptors (Lipinski definition) is 4. The third-order valence-electron chi connectivity index (χ3n) is 2.90. The van der Waals surface area contributed by atoms with Crippen molar-refractivity contribution in [2.75, 3.05) is 12.4 Å². The van der Waals surface area contributed by atoms with Crippen molar-refractivity contribution in [3.63, 3.8) is 0 Å². The van der Waals surface area contributed by atoms with Crippen LogP contribution in [-0.4, -0.2) is 58.0 Å². The highest BCUT2D eigenvalue weighted by atomic mass is 35.5. The molecule has 0 spiro atoms. The first-order valence-corrected chi connectivity index (χ1v) is 14.5. The standard InChI is InChI=1S/C13H26ClNO4Si2/c1-20(2,3)18-10-7-11(13(17)19-21(4,5)6)15(9-10)12(16)8-14/h10-11H,7-9H2,1-6H3/t10-,11+/m0/s1. The highest BCUT2D eigenvalue weighted by Gasteiger charge is 2.43. The summed E-state index contributed by atoms with van der Waals surface area (Å²) in [5, 5.41) is 0. The molecule has 8 heteroatoms. The van der Waals surface area contributed by atoms with Crippen LogP contribution in [-0.2, 0) is 18.4 Å². The van der Waals surface area contributed by atoms with Gasteiger partial charge in [0.05, 0.1) is 6.10 Å². The molecular weight excluding hydrogens is 326 g/mol. The van der Waals surface area contributed by atoms with Crippen LogP contribution in [0.15, 0.2) is 0 Å². The Hall–Kier alpha value is -0.376. The second-order valence-corrected chi connectivity index (χ2v) is 16.5. The van der Waals surface area contributed by atoms with Crippen LogP contribution in [0.3, 0.4) is 0 Å². The molecule has 0 aromatic heterocycles. The van der Waals surface area contributed by atoms with Gasteiger partial charge in [-0.25, -0.2) is 0 Å². The highest BCUT2D eigenvalue weighted by molar-refractivity contribution is 6.71. The SMILES string of the molecule is C[Si](C)(C)OC(=O)[C@H]1C[C@H](O[Si](C)(C)C)CN1C(=O)CCl. The summed E-state index contributed by atoms with van der Waals surface area (Å²) in [7, 11) is -3.71. The zero-order valence-electron chi connectivity index (χ0n) is 13.7. The molecule has 1 heterocycles. The van der Waals surface area contributed by atoms with Crippen LogP contribution in [0.2, 0.25) is 39.3 Å². The molecule has 21 heavy (non-hydrogen) atoms. The minimum atomic E-state index is -1.98. The third-order valence-corrected chi connectivity index (χ3v) is 4.98. The van der Waals surface area contributed by atoms with Crippen LogP contribution in [0.5, 0.6) is 0 Å². The van der Waals surface area contributed by atoms with E-state index in [4.69, 9.17) is 20.5 Å². The minimum absolute atomic E-state index is 0.108. The second kappa shape index (κ2) is 6.81. The van der Waals surface area contributed by atoms with Gasteiger partial charge in [0.15, 0.2) is 8.32 Å². The summed E-state index contributed by atoms with van der Waals surface area (Å²) < 4.78 is 11.6. The van der Waals surface area contributed by atoms with Gasteiger partial charge in [-0.1, -0.05) is 0 Å². The number of likely N-dealkylation sites (tertiary alicyclic amines) is 1. The van der Waals surface area contributed by atoms with Gasteiger partial charge in [-0.2, -0.15) is 0 Å². The van der Waals surface area contributed by atoms with Crippen molar-refractivity contribution in [2.24, 2.45) is 0 Å². The molecule has 122 valence electrons. The number of alkyl halides is 1. The maximum atomic E-state index is 12.3. The average molecular weight is 352 g/mol. The van der Waals surface area contributed by atoms with E-state index in [1.54, 1.807) is 0 Å². The van der Waals surface area contributed by atoms with Gasteiger partial charge in [-0.15, -0.1) is 11.6 Å². The Kier molecular flexibility index (Phi) is 6.05. The molecular formula is C13H26ClNO4Si2. The van der Waals surface area contributed by atoms with Gasteiger partial charge in [0.1, 0.15) is 11.9 Å². The van der Waals surface area contributed by atoms with Gasteiger partial charge >= 0.3 is 5.97 Å². The monoisotopic (exact) mass is 351 g/mol. The molecule has 0 N–H and O–H groups in total. The Morgan fingerprint density at radius 1 is 1.14 bits per heavy atom. The van der Waals surface area contributed by atoms with Crippen molar-refractivity contribution in [2.45, 2.75) is 57.8 Å². The Labute approximate surface area is 134 Å². The first-order valence-electron chi connectivity index (χ1n) is 7.19. The van der Waals surface area contributed by atoms with Gasteiger partial charge in [0.25, 0.3) is 0 Å². The number of halogens is 1. The molecule has 1 saturated heterocycles. The summed E-state index contributed by atoms with van der Waals surface area (Å²) in [6.07, 6.45) is 0.388. The lowest BCUT2D eigenvalue weighted by Gasteiger charge is -2.26. The van der Waals surface area contributed by atoms with Crippen LogP contribution in [0, 0.1) is 0 Å². The molecule has 0 aromatic carbocycles. The van der Waals surface area contributed by atoms with Crippen molar-refractivity contribution >= 4 is 40.1 Å². The molecule has 0 aromatic rings. The molecule has 1 aliphatic rings.